The van der Waals surface area contributed by atoms with Crippen LogP contribution < -0.4 is 9.80 Å². The number of hydrogen-bond acceptors (Lipinski definition) is 6. The molecule has 2 aromatic rings. The van der Waals surface area contributed by atoms with Gasteiger partial charge in [-0.2, -0.15) is 0 Å². The maximum Gasteiger partial charge on any atom is 0.0984 e. The summed E-state index contributed by atoms with van der Waals surface area (Å²) in [7, 11) is 0. The second kappa shape index (κ2) is 9.26. The Morgan fingerprint density at radius 1 is 0.606 bits per heavy atom. The average Bonchev–Trinajstić information content (AvgIpc) is 3.66. The zero-order valence-corrected chi connectivity index (χ0v) is 19.4. The largest absolute Gasteiger partial charge is 0.371 e. The van der Waals surface area contributed by atoms with Crippen LogP contribution in [0, 0.1) is 0 Å². The van der Waals surface area contributed by atoms with Gasteiger partial charge in [-0.25, -0.2) is 0 Å². The molecule has 4 atom stereocenters. The molecule has 0 amide bonds. The Balaban J connectivity index is 1.15. The minimum Gasteiger partial charge on any atom is -0.371 e. The highest BCUT2D eigenvalue weighted by molar-refractivity contribution is 5.52. The van der Waals surface area contributed by atoms with E-state index in [9.17, 15) is 0 Å². The van der Waals surface area contributed by atoms with Crippen molar-refractivity contribution >= 4 is 11.4 Å². The topological polar surface area (TPSA) is 56.6 Å². The fourth-order valence-electron chi connectivity index (χ4n) is 4.75. The Hall–Kier alpha value is -2.12. The maximum atomic E-state index is 5.48. The quantitative estimate of drug-likeness (QED) is 0.436. The molecule has 0 aliphatic carbocycles. The molecule has 0 saturated carbocycles. The van der Waals surface area contributed by atoms with Gasteiger partial charge in [0.15, 0.2) is 0 Å². The molecule has 4 fully saturated rings. The van der Waals surface area contributed by atoms with Gasteiger partial charge in [0.05, 0.1) is 50.8 Å². The summed E-state index contributed by atoms with van der Waals surface area (Å²) in [5, 5.41) is 0. The van der Waals surface area contributed by atoms with Crippen molar-refractivity contribution < 1.29 is 18.9 Å². The summed E-state index contributed by atoms with van der Waals surface area (Å²) in [6.07, 6.45) is 2.58. The van der Waals surface area contributed by atoms with Gasteiger partial charge in [0.2, 0.25) is 0 Å². The smallest absolute Gasteiger partial charge is 0.0984 e. The standard InChI is InChI=1S/C27H34N2O4/c1-2-27(19-3-7-21(8-4-19)28(11-23-15-30-23)12-24-16-31-24)20-5-9-22(10-6-20)29(13-25-17-32-25)14-26-18-33-26/h3-10,23-27H,2,11-18H2,1H3. The Labute approximate surface area is 196 Å². The molecule has 0 N–H and O–H groups in total. The lowest BCUT2D eigenvalue weighted by molar-refractivity contribution is 0.388. The molecule has 4 aliphatic rings. The molecule has 176 valence electrons. The molecule has 0 spiro atoms. The Kier molecular flexibility index (Phi) is 6.01. The lowest BCUT2D eigenvalue weighted by Crippen LogP contribution is -2.31. The van der Waals surface area contributed by atoms with Gasteiger partial charge in [-0.15, -0.1) is 0 Å². The highest BCUT2D eigenvalue weighted by Gasteiger charge is 2.32. The van der Waals surface area contributed by atoms with E-state index in [1.807, 2.05) is 0 Å². The van der Waals surface area contributed by atoms with Crippen molar-refractivity contribution in [2.75, 3.05) is 62.4 Å². The summed E-state index contributed by atoms with van der Waals surface area (Å²) in [6.45, 7) is 9.60. The molecule has 4 saturated heterocycles. The minimum atomic E-state index is 0.378. The van der Waals surface area contributed by atoms with E-state index in [2.05, 4.69) is 65.3 Å². The van der Waals surface area contributed by atoms with Crippen molar-refractivity contribution in [2.24, 2.45) is 0 Å². The molecule has 2 aromatic carbocycles. The normalized spacial score (nSPS) is 27.7. The molecule has 6 rings (SSSR count). The fourth-order valence-corrected chi connectivity index (χ4v) is 4.75. The van der Waals surface area contributed by atoms with Crippen LogP contribution in [-0.4, -0.2) is 77.0 Å². The van der Waals surface area contributed by atoms with Crippen LogP contribution in [0.5, 0.6) is 0 Å². The number of epoxide rings is 4. The van der Waals surface area contributed by atoms with Gasteiger partial charge in [0.1, 0.15) is 0 Å². The third kappa shape index (κ3) is 5.69. The van der Waals surface area contributed by atoms with Crippen molar-refractivity contribution in [3.05, 3.63) is 59.7 Å². The monoisotopic (exact) mass is 450 g/mol. The number of benzene rings is 2. The number of ether oxygens (including phenoxy) is 4. The summed E-state index contributed by atoms with van der Waals surface area (Å²) in [6, 6.07) is 18.3. The van der Waals surface area contributed by atoms with E-state index in [4.69, 9.17) is 18.9 Å². The molecule has 0 radical (unpaired) electrons. The third-order valence-electron chi connectivity index (χ3n) is 7.04. The Morgan fingerprint density at radius 3 is 1.15 bits per heavy atom. The van der Waals surface area contributed by atoms with Crippen molar-refractivity contribution in [1.29, 1.82) is 0 Å². The molecule has 4 unspecified atom stereocenters. The third-order valence-corrected chi connectivity index (χ3v) is 7.04. The Morgan fingerprint density at radius 2 is 0.909 bits per heavy atom. The second-order valence-electron chi connectivity index (χ2n) is 9.78. The highest BCUT2D eigenvalue weighted by Crippen LogP contribution is 2.32. The first-order valence-electron chi connectivity index (χ1n) is 12.4. The minimum absolute atomic E-state index is 0.378. The van der Waals surface area contributed by atoms with E-state index in [0.29, 0.717) is 30.3 Å². The molecule has 0 bridgehead atoms. The first-order valence-corrected chi connectivity index (χ1v) is 12.4. The van der Waals surface area contributed by atoms with Crippen LogP contribution >= 0.6 is 0 Å². The van der Waals surface area contributed by atoms with Crippen LogP contribution in [0.1, 0.15) is 30.4 Å². The number of hydrogen-bond donors (Lipinski definition) is 0. The summed E-state index contributed by atoms with van der Waals surface area (Å²) in [5.41, 5.74) is 5.26. The number of nitrogens with zero attached hydrogens (tertiary/aromatic N) is 2. The van der Waals surface area contributed by atoms with E-state index >= 15 is 0 Å². The summed E-state index contributed by atoms with van der Waals surface area (Å²) in [4.78, 5) is 4.83. The van der Waals surface area contributed by atoms with Gasteiger partial charge in [-0.1, -0.05) is 31.2 Å². The van der Waals surface area contributed by atoms with E-state index in [0.717, 1.165) is 59.0 Å². The maximum absolute atomic E-state index is 5.48. The van der Waals surface area contributed by atoms with Crippen LogP contribution in [0.3, 0.4) is 0 Å². The molecular weight excluding hydrogens is 416 g/mol. The molecule has 6 heteroatoms. The van der Waals surface area contributed by atoms with Gasteiger partial charge in [0.25, 0.3) is 0 Å². The first-order chi connectivity index (χ1) is 16.2. The second-order valence-corrected chi connectivity index (χ2v) is 9.78. The summed E-state index contributed by atoms with van der Waals surface area (Å²) in [5.74, 6) is 0.395. The van der Waals surface area contributed by atoms with Gasteiger partial charge in [-0.05, 0) is 41.8 Å². The predicted molar refractivity (Wildman–Crippen MR) is 128 cm³/mol. The van der Waals surface area contributed by atoms with Crippen molar-refractivity contribution in [1.82, 2.24) is 0 Å². The molecule has 4 heterocycles. The summed E-state index contributed by atoms with van der Waals surface area (Å²) < 4.78 is 21.9. The van der Waals surface area contributed by atoms with Gasteiger partial charge < -0.3 is 28.7 Å². The molecule has 33 heavy (non-hydrogen) atoms. The van der Waals surface area contributed by atoms with Crippen LogP contribution in [0.25, 0.3) is 0 Å². The zero-order chi connectivity index (χ0) is 22.2. The average molecular weight is 451 g/mol. The Bertz CT molecular complexity index is 815. The summed E-state index contributed by atoms with van der Waals surface area (Å²) >= 11 is 0. The molecular formula is C27H34N2O4. The predicted octanol–water partition coefficient (Wildman–Crippen LogP) is 3.44. The van der Waals surface area contributed by atoms with Crippen LogP contribution in [0.4, 0.5) is 11.4 Å². The molecule has 0 aromatic heterocycles. The number of anilines is 2. The van der Waals surface area contributed by atoms with E-state index < -0.39 is 0 Å². The highest BCUT2D eigenvalue weighted by atomic mass is 16.6. The fraction of sp³-hybridized carbons (Fsp3) is 0.556. The zero-order valence-electron chi connectivity index (χ0n) is 19.4. The van der Waals surface area contributed by atoms with Gasteiger partial charge >= 0.3 is 0 Å². The van der Waals surface area contributed by atoms with Gasteiger partial charge in [0, 0.05) is 43.5 Å². The molecule has 4 aliphatic heterocycles. The van der Waals surface area contributed by atoms with Crippen LogP contribution in [-0.2, 0) is 18.9 Å². The van der Waals surface area contributed by atoms with Crippen molar-refractivity contribution in [2.45, 2.75) is 43.7 Å². The van der Waals surface area contributed by atoms with Crippen molar-refractivity contribution in [3.8, 4) is 0 Å². The lowest BCUT2D eigenvalue weighted by atomic mass is 9.89. The van der Waals surface area contributed by atoms with E-state index in [1.54, 1.807) is 0 Å². The lowest BCUT2D eigenvalue weighted by Gasteiger charge is -2.25. The van der Waals surface area contributed by atoms with Crippen molar-refractivity contribution in [3.63, 3.8) is 0 Å². The van der Waals surface area contributed by atoms with E-state index in [1.165, 1.54) is 22.5 Å². The van der Waals surface area contributed by atoms with E-state index in [-0.39, 0.29) is 0 Å². The van der Waals surface area contributed by atoms with Crippen LogP contribution in [0.2, 0.25) is 0 Å². The van der Waals surface area contributed by atoms with Gasteiger partial charge in [-0.3, -0.25) is 0 Å². The number of rotatable bonds is 13. The molecule has 6 nitrogen and oxygen atoms in total. The SMILES string of the molecule is CCC(c1ccc(N(CC2CO2)CC2CO2)cc1)c1ccc(N(CC2CO2)CC2CO2)cc1. The van der Waals surface area contributed by atoms with Crippen LogP contribution in [0.15, 0.2) is 48.5 Å². The first kappa shape index (κ1) is 21.4.